The van der Waals surface area contributed by atoms with Gasteiger partial charge in [-0.1, -0.05) is 0 Å². The van der Waals surface area contributed by atoms with Gasteiger partial charge in [-0.3, -0.25) is 0 Å². The van der Waals surface area contributed by atoms with E-state index in [0.29, 0.717) is 0 Å². The van der Waals surface area contributed by atoms with E-state index in [4.69, 9.17) is 5.73 Å². The molecule has 0 heterocycles. The molecular formula is C18H15NSe. The normalized spacial score (nSPS) is 10.4. The molecule has 0 fully saturated rings. The number of benzene rings is 3. The van der Waals surface area contributed by atoms with Crippen LogP contribution in [0.1, 0.15) is 0 Å². The summed E-state index contributed by atoms with van der Waals surface area (Å²) in [6.45, 7) is 0. The Morgan fingerprint density at radius 3 is 1.60 bits per heavy atom. The summed E-state index contributed by atoms with van der Waals surface area (Å²) in [6, 6.07) is 24.8. The average molecular weight is 324 g/mol. The zero-order chi connectivity index (χ0) is 13.9. The predicted octanol–water partition coefficient (Wildman–Crippen LogP) is 3.13. The zero-order valence-electron chi connectivity index (χ0n) is 11.0. The molecule has 0 aliphatic heterocycles. The molecule has 0 aliphatic rings. The Labute approximate surface area is 127 Å². The summed E-state index contributed by atoms with van der Waals surface area (Å²) in [5.74, 6) is 0. The summed E-state index contributed by atoms with van der Waals surface area (Å²) < 4.78 is 1.21. The standard InChI is InChI=1S/C18H15NSe/c19-17-11-5-3-9-15(17)13-7-1-2-8-14(13)16-10-4-6-12-18(16)20/h1-12,20H,19H2. The molecule has 0 spiro atoms. The number of hydrogen-bond donors (Lipinski definition) is 1. The molecule has 0 aromatic heterocycles. The van der Waals surface area contributed by atoms with Crippen molar-refractivity contribution in [2.45, 2.75) is 0 Å². The fourth-order valence-electron chi connectivity index (χ4n) is 2.40. The Bertz CT molecular complexity index is 685. The van der Waals surface area contributed by atoms with E-state index >= 15 is 0 Å². The molecule has 0 saturated carbocycles. The van der Waals surface area contributed by atoms with Gasteiger partial charge in [0.1, 0.15) is 0 Å². The summed E-state index contributed by atoms with van der Waals surface area (Å²) in [6.07, 6.45) is 0. The number of hydrogen-bond acceptors (Lipinski definition) is 1. The first kappa shape index (κ1) is 13.0. The first-order valence-corrected chi connectivity index (χ1v) is 7.43. The monoisotopic (exact) mass is 325 g/mol. The molecule has 0 saturated heterocycles. The van der Waals surface area contributed by atoms with Crippen LogP contribution in [0.2, 0.25) is 0 Å². The van der Waals surface area contributed by atoms with Gasteiger partial charge in [-0.15, -0.1) is 0 Å². The predicted molar refractivity (Wildman–Crippen MR) is 88.5 cm³/mol. The van der Waals surface area contributed by atoms with E-state index in [2.05, 4.69) is 70.6 Å². The van der Waals surface area contributed by atoms with Crippen molar-refractivity contribution >= 4 is 26.2 Å². The first-order valence-electron chi connectivity index (χ1n) is 6.49. The van der Waals surface area contributed by atoms with Crippen molar-refractivity contribution in [2.75, 3.05) is 5.73 Å². The van der Waals surface area contributed by atoms with Crippen LogP contribution in [0.15, 0.2) is 72.8 Å². The molecule has 0 amide bonds. The second kappa shape index (κ2) is 5.54. The molecule has 0 bridgehead atoms. The van der Waals surface area contributed by atoms with Crippen LogP contribution >= 0.6 is 0 Å². The van der Waals surface area contributed by atoms with Crippen LogP contribution in [0, 0.1) is 0 Å². The molecular weight excluding hydrogens is 309 g/mol. The third-order valence-electron chi connectivity index (χ3n) is 3.37. The van der Waals surface area contributed by atoms with Gasteiger partial charge in [-0.05, 0) is 0 Å². The van der Waals surface area contributed by atoms with Crippen molar-refractivity contribution in [1.29, 1.82) is 0 Å². The molecule has 0 unspecified atom stereocenters. The Kier molecular flexibility index (Phi) is 3.60. The quantitative estimate of drug-likeness (QED) is 0.569. The van der Waals surface area contributed by atoms with Crippen LogP contribution in [-0.2, 0) is 0 Å². The van der Waals surface area contributed by atoms with Gasteiger partial charge in [0, 0.05) is 0 Å². The van der Waals surface area contributed by atoms with Crippen molar-refractivity contribution in [3.8, 4) is 22.3 Å². The third kappa shape index (κ3) is 2.36. The van der Waals surface area contributed by atoms with E-state index in [9.17, 15) is 0 Å². The molecule has 20 heavy (non-hydrogen) atoms. The van der Waals surface area contributed by atoms with Crippen molar-refractivity contribution in [3.05, 3.63) is 72.8 Å². The van der Waals surface area contributed by atoms with Crippen LogP contribution in [-0.4, -0.2) is 16.0 Å². The third-order valence-corrected chi connectivity index (χ3v) is 4.19. The summed E-state index contributed by atoms with van der Waals surface area (Å²) in [5.41, 5.74) is 11.6. The van der Waals surface area contributed by atoms with Gasteiger partial charge in [-0.2, -0.15) is 0 Å². The van der Waals surface area contributed by atoms with Crippen LogP contribution in [0.25, 0.3) is 22.3 Å². The average Bonchev–Trinajstić information content (AvgIpc) is 2.48. The van der Waals surface area contributed by atoms with Gasteiger partial charge in [0.15, 0.2) is 0 Å². The number of para-hydroxylation sites is 1. The fraction of sp³-hybridized carbons (Fsp3) is 0. The first-order chi connectivity index (χ1) is 9.77. The Hall–Kier alpha value is -2.02. The number of nitrogen functional groups attached to an aromatic ring is 1. The van der Waals surface area contributed by atoms with E-state index in [1.807, 2.05) is 18.2 Å². The van der Waals surface area contributed by atoms with Gasteiger partial charge >= 0.3 is 127 Å². The van der Waals surface area contributed by atoms with E-state index < -0.39 is 0 Å². The van der Waals surface area contributed by atoms with E-state index in [1.54, 1.807) is 0 Å². The second-order valence-corrected chi connectivity index (χ2v) is 5.66. The van der Waals surface area contributed by atoms with E-state index in [0.717, 1.165) is 11.3 Å². The molecule has 2 N–H and O–H groups in total. The minimum atomic E-state index is 0.808. The summed E-state index contributed by atoms with van der Waals surface area (Å²) in [4.78, 5) is 0. The van der Waals surface area contributed by atoms with E-state index in [1.165, 1.54) is 21.2 Å². The number of anilines is 1. The van der Waals surface area contributed by atoms with Crippen LogP contribution in [0.5, 0.6) is 0 Å². The molecule has 0 atom stereocenters. The van der Waals surface area contributed by atoms with Gasteiger partial charge in [0.2, 0.25) is 0 Å². The van der Waals surface area contributed by atoms with Gasteiger partial charge in [-0.25, -0.2) is 0 Å². The van der Waals surface area contributed by atoms with Crippen molar-refractivity contribution < 1.29 is 0 Å². The number of rotatable bonds is 2. The molecule has 2 heteroatoms. The molecule has 3 rings (SSSR count). The number of nitrogens with two attached hydrogens (primary N) is 1. The molecule has 3 aromatic carbocycles. The van der Waals surface area contributed by atoms with Crippen LogP contribution in [0.3, 0.4) is 0 Å². The summed E-state index contributed by atoms with van der Waals surface area (Å²) >= 11 is 2.64. The zero-order valence-corrected chi connectivity index (χ0v) is 12.8. The molecule has 0 radical (unpaired) electrons. The van der Waals surface area contributed by atoms with Gasteiger partial charge < -0.3 is 0 Å². The van der Waals surface area contributed by atoms with Crippen LogP contribution in [0.4, 0.5) is 5.69 Å². The maximum atomic E-state index is 6.13. The van der Waals surface area contributed by atoms with Gasteiger partial charge in [0.05, 0.1) is 0 Å². The van der Waals surface area contributed by atoms with Crippen molar-refractivity contribution in [1.82, 2.24) is 0 Å². The summed E-state index contributed by atoms with van der Waals surface area (Å²) in [5, 5.41) is 0. The second-order valence-electron chi connectivity index (χ2n) is 4.65. The Morgan fingerprint density at radius 1 is 0.550 bits per heavy atom. The maximum absolute atomic E-state index is 6.13. The molecule has 0 aliphatic carbocycles. The summed E-state index contributed by atoms with van der Waals surface area (Å²) in [7, 11) is 0. The Balaban J connectivity index is 2.25. The van der Waals surface area contributed by atoms with Crippen molar-refractivity contribution in [2.24, 2.45) is 0 Å². The van der Waals surface area contributed by atoms with E-state index in [-0.39, 0.29) is 0 Å². The Morgan fingerprint density at radius 2 is 1.00 bits per heavy atom. The molecule has 3 aromatic rings. The SMILES string of the molecule is Nc1ccccc1-c1ccccc1-c1ccccc1[SeH]. The van der Waals surface area contributed by atoms with Crippen molar-refractivity contribution in [3.63, 3.8) is 0 Å². The van der Waals surface area contributed by atoms with Gasteiger partial charge in [0.25, 0.3) is 0 Å². The van der Waals surface area contributed by atoms with Crippen LogP contribution < -0.4 is 10.2 Å². The fourth-order valence-corrected chi connectivity index (χ4v) is 2.99. The molecule has 98 valence electrons. The minimum absolute atomic E-state index is 0.808. The topological polar surface area (TPSA) is 26.0 Å². The molecule has 1 nitrogen and oxygen atoms in total.